The average molecular weight is 290 g/mol. The number of aliphatic imine (C=N–C) groups is 1. The molecule has 0 aromatic heterocycles. The van der Waals surface area contributed by atoms with E-state index in [2.05, 4.69) is 4.99 Å². The van der Waals surface area contributed by atoms with Crippen molar-refractivity contribution in [2.75, 3.05) is 13.1 Å². The van der Waals surface area contributed by atoms with Gasteiger partial charge in [0.25, 0.3) is 0 Å². The van der Waals surface area contributed by atoms with Crippen molar-refractivity contribution in [1.29, 1.82) is 0 Å². The van der Waals surface area contributed by atoms with Gasteiger partial charge in [-0.15, -0.1) is 0 Å². The lowest BCUT2D eigenvalue weighted by Gasteiger charge is -2.05. The molecular formula is C12H22N2O6. The number of carbonyl (C=O) groups excluding carboxylic acids is 1. The van der Waals surface area contributed by atoms with Gasteiger partial charge < -0.3 is 21.4 Å². The molecule has 8 heteroatoms. The predicted molar refractivity (Wildman–Crippen MR) is 73.0 cm³/mol. The molecule has 0 bridgehead atoms. The van der Waals surface area contributed by atoms with Crippen LogP contribution in [0.1, 0.15) is 38.5 Å². The predicted octanol–water partition coefficient (Wildman–Crippen LogP) is -0.360. The summed E-state index contributed by atoms with van der Waals surface area (Å²) in [5.41, 5.74) is 5.48. The first-order chi connectivity index (χ1) is 8.99. The van der Waals surface area contributed by atoms with Crippen molar-refractivity contribution in [2.45, 2.75) is 38.5 Å². The van der Waals surface area contributed by atoms with Crippen LogP contribution in [0.5, 0.6) is 0 Å². The minimum atomic E-state index is -1.35. The number of hydrogen-bond donors (Lipinski definition) is 3. The highest BCUT2D eigenvalue weighted by Crippen LogP contribution is 2.05. The number of Topliss-reactive ketones (excluding diaryl/α,β-unsaturated/α-hetero) is 1. The number of aliphatic carboxylic acids is 2. The summed E-state index contributed by atoms with van der Waals surface area (Å²) in [6.45, 7) is 1.20. The first-order valence-corrected chi connectivity index (χ1v) is 6.21. The van der Waals surface area contributed by atoms with Crippen molar-refractivity contribution in [1.82, 2.24) is 0 Å². The Morgan fingerprint density at radius 1 is 1.15 bits per heavy atom. The van der Waals surface area contributed by atoms with Crippen LogP contribution in [-0.4, -0.2) is 52.2 Å². The van der Waals surface area contributed by atoms with E-state index in [4.69, 9.17) is 15.9 Å². The van der Waals surface area contributed by atoms with Crippen molar-refractivity contribution >= 4 is 23.4 Å². The van der Waals surface area contributed by atoms with E-state index < -0.39 is 17.7 Å². The highest BCUT2D eigenvalue weighted by atomic mass is 16.4. The summed E-state index contributed by atoms with van der Waals surface area (Å²) in [5, 5.41) is 16.5. The first kappa shape index (κ1) is 20.5. The molecule has 0 fully saturated rings. The van der Waals surface area contributed by atoms with Crippen LogP contribution in [0.2, 0.25) is 0 Å². The number of nitrogens with zero attached hydrogens (tertiary/aromatic N) is 1. The lowest BCUT2D eigenvalue weighted by Crippen LogP contribution is -2.16. The maximum absolute atomic E-state index is 10.4. The van der Waals surface area contributed by atoms with E-state index in [9.17, 15) is 14.4 Å². The third kappa shape index (κ3) is 10.2. The summed E-state index contributed by atoms with van der Waals surface area (Å²) in [5.74, 6) is -2.93. The maximum Gasteiger partial charge on any atom is 0.372 e. The largest absolute Gasteiger partial charge is 0.477 e. The highest BCUT2D eigenvalue weighted by Gasteiger charge is 2.11. The molecule has 8 nitrogen and oxygen atoms in total. The van der Waals surface area contributed by atoms with E-state index in [0.29, 0.717) is 38.1 Å². The third-order valence-corrected chi connectivity index (χ3v) is 2.47. The second kappa shape index (κ2) is 12.2. The fourth-order valence-electron chi connectivity index (χ4n) is 1.41. The fraction of sp³-hybridized carbons (Fsp3) is 0.667. The summed E-state index contributed by atoms with van der Waals surface area (Å²) < 4.78 is 0. The molecule has 1 aliphatic heterocycles. The number of hydrogen-bond acceptors (Lipinski definition) is 5. The van der Waals surface area contributed by atoms with Crippen molar-refractivity contribution in [2.24, 2.45) is 10.7 Å². The van der Waals surface area contributed by atoms with Gasteiger partial charge in [0, 0.05) is 13.0 Å². The van der Waals surface area contributed by atoms with E-state index >= 15 is 0 Å². The van der Waals surface area contributed by atoms with Gasteiger partial charge in [-0.1, -0.05) is 0 Å². The Morgan fingerprint density at radius 3 is 2.15 bits per heavy atom. The van der Waals surface area contributed by atoms with E-state index in [1.165, 1.54) is 0 Å². The fourth-order valence-corrected chi connectivity index (χ4v) is 1.41. The molecule has 0 atom stereocenters. The van der Waals surface area contributed by atoms with Gasteiger partial charge in [-0.05, 0) is 38.6 Å². The van der Waals surface area contributed by atoms with Gasteiger partial charge >= 0.3 is 11.9 Å². The smallest absolute Gasteiger partial charge is 0.372 e. The minimum absolute atomic E-state index is 0. The van der Waals surface area contributed by atoms with Crippen molar-refractivity contribution in [3.63, 3.8) is 0 Å². The van der Waals surface area contributed by atoms with Gasteiger partial charge in [-0.2, -0.15) is 0 Å². The number of nitrogens with two attached hydrogens (primary N) is 1. The molecule has 1 heterocycles. The molecule has 20 heavy (non-hydrogen) atoms. The normalized spacial score (nSPS) is 13.2. The standard InChI is InChI=1S/C6H11NO3.C6H9NO2.H2O/c7-4-2-1-3-5(8)6(9)10;8-6(9)5-3-1-2-4-7-5;/h1-4,7H2,(H,9,10);1-4H2,(H,8,9);1H2. The molecule has 6 N–H and O–H groups in total. The summed E-state index contributed by atoms with van der Waals surface area (Å²) in [6, 6.07) is 0. The molecule has 0 radical (unpaired) electrons. The molecule has 116 valence electrons. The average Bonchev–Trinajstić information content (AvgIpc) is 2.40. The van der Waals surface area contributed by atoms with Gasteiger partial charge in [0.1, 0.15) is 5.71 Å². The SMILES string of the molecule is NCCCCC(=O)C(=O)O.O.O=C(O)C1=NCCCC1. The Hall–Kier alpha value is -1.80. The first-order valence-electron chi connectivity index (χ1n) is 6.21. The van der Waals surface area contributed by atoms with Crippen LogP contribution in [0.25, 0.3) is 0 Å². The van der Waals surface area contributed by atoms with Crippen LogP contribution >= 0.6 is 0 Å². The summed E-state index contributed by atoms with van der Waals surface area (Å²) in [4.78, 5) is 34.4. The van der Waals surface area contributed by atoms with Gasteiger partial charge in [-0.25, -0.2) is 9.59 Å². The molecule has 0 unspecified atom stereocenters. The highest BCUT2D eigenvalue weighted by molar-refractivity contribution is 6.35. The van der Waals surface area contributed by atoms with Crippen LogP contribution in [0.3, 0.4) is 0 Å². The summed E-state index contributed by atoms with van der Waals surface area (Å²) in [6.07, 6.45) is 4.05. The van der Waals surface area contributed by atoms with Gasteiger partial charge in [0.2, 0.25) is 5.78 Å². The van der Waals surface area contributed by atoms with Crippen LogP contribution in [0.4, 0.5) is 0 Å². The van der Waals surface area contributed by atoms with Gasteiger partial charge in [0.05, 0.1) is 0 Å². The number of carboxylic acids is 2. The summed E-state index contributed by atoms with van der Waals surface area (Å²) in [7, 11) is 0. The Bertz CT molecular complexity index is 354. The van der Waals surface area contributed by atoms with Crippen LogP contribution in [0.15, 0.2) is 4.99 Å². The second-order valence-electron chi connectivity index (χ2n) is 4.06. The number of ketones is 1. The minimum Gasteiger partial charge on any atom is -0.477 e. The van der Waals surface area contributed by atoms with Crippen molar-refractivity contribution < 1.29 is 30.1 Å². The molecule has 0 amide bonds. The molecule has 0 aliphatic carbocycles. The van der Waals surface area contributed by atoms with E-state index in [-0.39, 0.29) is 11.9 Å². The molecule has 1 rings (SSSR count). The lowest BCUT2D eigenvalue weighted by atomic mass is 10.1. The van der Waals surface area contributed by atoms with Crippen LogP contribution < -0.4 is 5.73 Å². The summed E-state index contributed by atoms with van der Waals surface area (Å²) >= 11 is 0. The number of carboxylic acid groups (broad SMARTS) is 2. The van der Waals surface area contributed by atoms with Crippen LogP contribution in [-0.2, 0) is 14.4 Å². The van der Waals surface area contributed by atoms with Crippen LogP contribution in [0, 0.1) is 0 Å². The van der Waals surface area contributed by atoms with Gasteiger partial charge in [0.15, 0.2) is 0 Å². The number of rotatable bonds is 6. The maximum atomic E-state index is 10.4. The topological polar surface area (TPSA) is 162 Å². The third-order valence-electron chi connectivity index (χ3n) is 2.47. The molecule has 0 saturated carbocycles. The Labute approximate surface area is 117 Å². The van der Waals surface area contributed by atoms with Crippen molar-refractivity contribution in [3.8, 4) is 0 Å². The van der Waals surface area contributed by atoms with E-state index in [0.717, 1.165) is 12.8 Å². The number of unbranched alkanes of at least 4 members (excludes halogenated alkanes) is 1. The Balaban J connectivity index is 0. The Morgan fingerprint density at radius 2 is 1.80 bits per heavy atom. The number of carbonyl (C=O) groups is 3. The molecular weight excluding hydrogens is 268 g/mol. The zero-order valence-corrected chi connectivity index (χ0v) is 11.3. The zero-order valence-electron chi connectivity index (χ0n) is 11.3. The van der Waals surface area contributed by atoms with E-state index in [1.807, 2.05) is 0 Å². The van der Waals surface area contributed by atoms with Crippen molar-refractivity contribution in [3.05, 3.63) is 0 Å². The molecule has 0 spiro atoms. The molecule has 0 aromatic rings. The Kier molecular flexibility index (Phi) is 12.6. The van der Waals surface area contributed by atoms with E-state index in [1.54, 1.807) is 0 Å². The molecule has 0 saturated heterocycles. The monoisotopic (exact) mass is 290 g/mol. The molecule has 1 aliphatic rings. The lowest BCUT2D eigenvalue weighted by molar-refractivity contribution is -0.149. The second-order valence-corrected chi connectivity index (χ2v) is 4.06. The quantitative estimate of drug-likeness (QED) is 0.447. The van der Waals surface area contributed by atoms with Gasteiger partial charge in [-0.3, -0.25) is 9.79 Å². The molecule has 0 aromatic carbocycles. The zero-order chi connectivity index (χ0) is 14.7.